The highest BCUT2D eigenvalue weighted by Gasteiger charge is 2.31. The van der Waals surface area contributed by atoms with Crippen LogP contribution in [0.2, 0.25) is 0 Å². The average Bonchev–Trinajstić information content (AvgIpc) is 3.07. The van der Waals surface area contributed by atoms with Crippen LogP contribution < -0.4 is 11.5 Å². The van der Waals surface area contributed by atoms with Crippen LogP contribution in [-0.4, -0.2) is 29.9 Å². The van der Waals surface area contributed by atoms with E-state index in [1.807, 2.05) is 17.5 Å². The van der Waals surface area contributed by atoms with Crippen molar-refractivity contribution in [2.24, 2.45) is 11.5 Å². The third-order valence-corrected chi connectivity index (χ3v) is 4.91. The minimum absolute atomic E-state index is 0.156. The maximum atomic E-state index is 11.1. The third kappa shape index (κ3) is 3.15. The van der Waals surface area contributed by atoms with Crippen LogP contribution in [0.5, 0.6) is 0 Å². The Balaban J connectivity index is 1.67. The number of nitrogens with two attached hydrogens (primary N) is 2. The SMILES string of the molecule is NC(=O)c1csc(CN2C[C@@H](N)[C@H](c3ccccc3)C2)c1. The highest BCUT2D eigenvalue weighted by molar-refractivity contribution is 7.10. The summed E-state index contributed by atoms with van der Waals surface area (Å²) in [6.45, 7) is 2.66. The van der Waals surface area contributed by atoms with Gasteiger partial charge in [-0.2, -0.15) is 0 Å². The summed E-state index contributed by atoms with van der Waals surface area (Å²) >= 11 is 1.58. The molecule has 0 aliphatic carbocycles. The van der Waals surface area contributed by atoms with Crippen molar-refractivity contribution < 1.29 is 4.79 Å². The molecule has 0 spiro atoms. The molecule has 2 aromatic rings. The van der Waals surface area contributed by atoms with Crippen LogP contribution in [0.3, 0.4) is 0 Å². The molecule has 21 heavy (non-hydrogen) atoms. The van der Waals surface area contributed by atoms with E-state index < -0.39 is 0 Å². The van der Waals surface area contributed by atoms with Gasteiger partial charge in [0.25, 0.3) is 0 Å². The molecule has 1 aliphatic heterocycles. The van der Waals surface area contributed by atoms with Gasteiger partial charge in [0.1, 0.15) is 0 Å². The summed E-state index contributed by atoms with van der Waals surface area (Å²) in [5, 5.41) is 1.82. The number of benzene rings is 1. The van der Waals surface area contributed by atoms with E-state index in [0.29, 0.717) is 11.5 Å². The quantitative estimate of drug-likeness (QED) is 0.904. The normalized spacial score (nSPS) is 22.5. The van der Waals surface area contributed by atoms with Crippen molar-refractivity contribution in [1.29, 1.82) is 0 Å². The molecule has 1 fully saturated rings. The monoisotopic (exact) mass is 301 g/mol. The van der Waals surface area contributed by atoms with Gasteiger partial charge < -0.3 is 11.5 Å². The van der Waals surface area contributed by atoms with Gasteiger partial charge in [0.05, 0.1) is 5.56 Å². The van der Waals surface area contributed by atoms with Gasteiger partial charge in [-0.15, -0.1) is 11.3 Å². The number of rotatable bonds is 4. The Morgan fingerprint density at radius 3 is 2.71 bits per heavy atom. The standard InChI is InChI=1S/C16H19N3OS/c17-15-9-19(7-13-6-12(10-21-13)16(18)20)8-14(15)11-4-2-1-3-5-11/h1-6,10,14-15H,7-9,17H2,(H2,18,20)/t14-,15+/m0/s1. The fourth-order valence-electron chi connectivity index (χ4n) is 2.91. The van der Waals surface area contributed by atoms with Crippen molar-refractivity contribution in [2.75, 3.05) is 13.1 Å². The number of hydrogen-bond acceptors (Lipinski definition) is 4. The van der Waals surface area contributed by atoms with Gasteiger partial charge in [0.15, 0.2) is 0 Å². The molecule has 0 radical (unpaired) electrons. The molecule has 1 amide bonds. The lowest BCUT2D eigenvalue weighted by molar-refractivity contribution is 0.100. The average molecular weight is 301 g/mol. The Morgan fingerprint density at radius 2 is 2.05 bits per heavy atom. The summed E-state index contributed by atoms with van der Waals surface area (Å²) in [7, 11) is 0. The van der Waals surface area contributed by atoms with Crippen molar-refractivity contribution in [2.45, 2.75) is 18.5 Å². The van der Waals surface area contributed by atoms with E-state index in [0.717, 1.165) is 24.5 Å². The van der Waals surface area contributed by atoms with Gasteiger partial charge in [0.2, 0.25) is 5.91 Å². The first-order chi connectivity index (χ1) is 10.1. The van der Waals surface area contributed by atoms with Crippen LogP contribution in [0.1, 0.15) is 26.7 Å². The number of likely N-dealkylation sites (tertiary alicyclic amines) is 1. The molecule has 1 aromatic carbocycles. The fourth-order valence-corrected chi connectivity index (χ4v) is 3.82. The molecule has 0 unspecified atom stereocenters. The lowest BCUT2D eigenvalue weighted by atomic mass is 9.95. The maximum absolute atomic E-state index is 11.1. The number of nitrogens with zero attached hydrogens (tertiary/aromatic N) is 1. The van der Waals surface area contributed by atoms with E-state index in [1.54, 1.807) is 11.3 Å². The maximum Gasteiger partial charge on any atom is 0.249 e. The minimum atomic E-state index is -0.363. The van der Waals surface area contributed by atoms with E-state index >= 15 is 0 Å². The van der Waals surface area contributed by atoms with Gasteiger partial charge in [-0.25, -0.2) is 0 Å². The Labute approximate surface area is 128 Å². The predicted molar refractivity (Wildman–Crippen MR) is 85.3 cm³/mol. The van der Waals surface area contributed by atoms with E-state index in [4.69, 9.17) is 11.5 Å². The highest BCUT2D eigenvalue weighted by Crippen LogP contribution is 2.28. The molecule has 4 N–H and O–H groups in total. The fraction of sp³-hybridized carbons (Fsp3) is 0.312. The van der Waals surface area contributed by atoms with Crippen LogP contribution in [0.4, 0.5) is 0 Å². The zero-order valence-electron chi connectivity index (χ0n) is 11.7. The third-order valence-electron chi connectivity index (χ3n) is 3.99. The van der Waals surface area contributed by atoms with Gasteiger partial charge >= 0.3 is 0 Å². The largest absolute Gasteiger partial charge is 0.366 e. The first-order valence-corrected chi connectivity index (χ1v) is 7.91. The van der Waals surface area contributed by atoms with Gasteiger partial charge in [0, 0.05) is 41.9 Å². The van der Waals surface area contributed by atoms with Gasteiger partial charge in [-0.3, -0.25) is 9.69 Å². The summed E-state index contributed by atoms with van der Waals surface area (Å²) in [4.78, 5) is 14.6. The first kappa shape index (κ1) is 14.3. The lowest BCUT2D eigenvalue weighted by Gasteiger charge is -2.15. The highest BCUT2D eigenvalue weighted by atomic mass is 32.1. The molecule has 0 saturated carbocycles. The van der Waals surface area contributed by atoms with Crippen molar-refractivity contribution in [1.82, 2.24) is 4.90 Å². The predicted octanol–water partition coefficient (Wildman–Crippen LogP) is 1.77. The van der Waals surface area contributed by atoms with Gasteiger partial charge in [-0.05, 0) is 11.6 Å². The van der Waals surface area contributed by atoms with Gasteiger partial charge in [-0.1, -0.05) is 30.3 Å². The Kier molecular flexibility index (Phi) is 4.05. The topological polar surface area (TPSA) is 72.4 Å². The molecule has 1 aliphatic rings. The molecule has 110 valence electrons. The van der Waals surface area contributed by atoms with E-state index in [2.05, 4.69) is 29.2 Å². The summed E-state index contributed by atoms with van der Waals surface area (Å²) in [6, 6.07) is 12.5. The summed E-state index contributed by atoms with van der Waals surface area (Å²) < 4.78 is 0. The van der Waals surface area contributed by atoms with E-state index in [-0.39, 0.29) is 11.9 Å². The zero-order valence-corrected chi connectivity index (χ0v) is 12.6. The molecule has 2 heterocycles. The number of primary amides is 1. The molecular formula is C16H19N3OS. The second-order valence-electron chi connectivity index (χ2n) is 5.54. The van der Waals surface area contributed by atoms with Crippen LogP contribution in [0.25, 0.3) is 0 Å². The van der Waals surface area contributed by atoms with Crippen LogP contribution in [0.15, 0.2) is 41.8 Å². The summed E-state index contributed by atoms with van der Waals surface area (Å²) in [5.74, 6) is 0.0135. The molecule has 0 bridgehead atoms. The number of hydrogen-bond donors (Lipinski definition) is 2. The molecule has 3 rings (SSSR count). The van der Waals surface area contributed by atoms with Crippen molar-refractivity contribution >= 4 is 17.2 Å². The van der Waals surface area contributed by atoms with Crippen molar-refractivity contribution in [3.05, 3.63) is 57.8 Å². The Morgan fingerprint density at radius 1 is 1.29 bits per heavy atom. The smallest absolute Gasteiger partial charge is 0.249 e. The molecule has 5 heteroatoms. The lowest BCUT2D eigenvalue weighted by Crippen LogP contribution is -2.28. The number of thiophene rings is 1. The van der Waals surface area contributed by atoms with Crippen LogP contribution in [-0.2, 0) is 6.54 Å². The minimum Gasteiger partial charge on any atom is -0.366 e. The second kappa shape index (κ2) is 5.97. The van der Waals surface area contributed by atoms with E-state index in [9.17, 15) is 4.79 Å². The zero-order chi connectivity index (χ0) is 14.8. The number of amides is 1. The van der Waals surface area contributed by atoms with Crippen molar-refractivity contribution in [3.63, 3.8) is 0 Å². The molecule has 1 saturated heterocycles. The summed E-state index contributed by atoms with van der Waals surface area (Å²) in [6.07, 6.45) is 0. The number of carbonyl (C=O) groups excluding carboxylic acids is 1. The molecule has 2 atom stereocenters. The molecular weight excluding hydrogens is 282 g/mol. The first-order valence-electron chi connectivity index (χ1n) is 7.03. The van der Waals surface area contributed by atoms with E-state index in [1.165, 1.54) is 5.56 Å². The Hall–Kier alpha value is -1.69. The molecule has 1 aromatic heterocycles. The second-order valence-corrected chi connectivity index (χ2v) is 6.54. The van der Waals surface area contributed by atoms with Crippen molar-refractivity contribution in [3.8, 4) is 0 Å². The summed E-state index contributed by atoms with van der Waals surface area (Å²) in [5.41, 5.74) is 13.5. The van der Waals surface area contributed by atoms with Crippen LogP contribution in [0, 0.1) is 0 Å². The van der Waals surface area contributed by atoms with Crippen LogP contribution >= 0.6 is 11.3 Å². The number of carbonyl (C=O) groups is 1. The Bertz CT molecular complexity index is 625. The molecule has 4 nitrogen and oxygen atoms in total.